The maximum atomic E-state index is 12.6. The third-order valence-electron chi connectivity index (χ3n) is 3.11. The molecule has 2 fully saturated rings. The normalized spacial score (nSPS) is 46.9. The molecule has 0 radical (unpaired) electrons. The van der Waals surface area contributed by atoms with Gasteiger partial charge in [0.15, 0.2) is 0 Å². The first-order valence-electron chi connectivity index (χ1n) is 4.85. The van der Waals surface area contributed by atoms with Crippen molar-refractivity contribution in [3.63, 3.8) is 0 Å². The van der Waals surface area contributed by atoms with E-state index in [0.717, 1.165) is 25.2 Å². The molecule has 3 atom stereocenters. The average Bonchev–Trinajstić information content (AvgIpc) is 2.65. The van der Waals surface area contributed by atoms with Gasteiger partial charge >= 0.3 is 0 Å². The van der Waals surface area contributed by atoms with E-state index >= 15 is 0 Å². The quantitative estimate of drug-likeness (QED) is 0.505. The summed E-state index contributed by atoms with van der Waals surface area (Å²) in [4.78, 5) is 0. The Morgan fingerprint density at radius 3 is 2.45 bits per heavy atom. The van der Waals surface area contributed by atoms with Crippen molar-refractivity contribution >= 4 is 0 Å². The third kappa shape index (κ3) is 1.74. The maximum absolute atomic E-state index is 12.6. The number of alkyl halides is 1. The van der Waals surface area contributed by atoms with Crippen LogP contribution in [0, 0.1) is 11.3 Å². The van der Waals surface area contributed by atoms with Crippen LogP contribution in [-0.2, 0) is 0 Å². The van der Waals surface area contributed by atoms with E-state index in [-0.39, 0.29) is 0 Å². The number of halogens is 1. The second-order valence-electron chi connectivity index (χ2n) is 3.93. The van der Waals surface area contributed by atoms with Gasteiger partial charge in [0.25, 0.3) is 0 Å². The van der Waals surface area contributed by atoms with Gasteiger partial charge in [-0.15, -0.1) is 0 Å². The highest BCUT2D eigenvalue weighted by molar-refractivity contribution is 5.02. The van der Waals surface area contributed by atoms with E-state index < -0.39 is 6.17 Å². The zero-order chi connectivity index (χ0) is 8.48. The second kappa shape index (κ2) is 3.12. The minimum absolute atomic E-state index is 0.467. The topological polar surface area (TPSA) is 0 Å². The van der Waals surface area contributed by atoms with E-state index in [9.17, 15) is 4.39 Å². The molecule has 0 N–H and O–H groups in total. The van der Waals surface area contributed by atoms with Gasteiger partial charge in [0.05, 0.1) is 0 Å². The van der Waals surface area contributed by atoms with E-state index in [1.165, 1.54) is 6.42 Å². The van der Waals surface area contributed by atoms with Crippen molar-refractivity contribution in [2.75, 3.05) is 0 Å². The molecule has 11 heavy (non-hydrogen) atoms. The smallest absolute Gasteiger partial charge is 0.100 e. The molecule has 0 amide bonds. The Bertz CT molecular complexity index is 133. The molecule has 0 bridgehead atoms. The van der Waals surface area contributed by atoms with Gasteiger partial charge < -0.3 is 0 Å². The molecule has 3 unspecified atom stereocenters. The van der Waals surface area contributed by atoms with Crippen LogP contribution in [0.25, 0.3) is 0 Å². The third-order valence-corrected chi connectivity index (χ3v) is 3.11. The van der Waals surface area contributed by atoms with Crippen LogP contribution >= 0.6 is 0 Å². The van der Waals surface area contributed by atoms with Gasteiger partial charge in [-0.3, -0.25) is 0 Å². The summed E-state index contributed by atoms with van der Waals surface area (Å²) in [5.41, 5.74) is 0.586. The van der Waals surface area contributed by atoms with Gasteiger partial charge in [-0.05, 0) is 37.0 Å². The lowest BCUT2D eigenvalue weighted by Crippen LogP contribution is -2.13. The fourth-order valence-electron chi connectivity index (χ4n) is 2.09. The molecular formula is C10H19F. The Labute approximate surface area is 69.2 Å². The second-order valence-corrected chi connectivity index (χ2v) is 3.93. The summed E-state index contributed by atoms with van der Waals surface area (Å²) in [5, 5.41) is 0. The van der Waals surface area contributed by atoms with Gasteiger partial charge in [-0.1, -0.05) is 20.8 Å². The van der Waals surface area contributed by atoms with Crippen molar-refractivity contribution in [2.45, 2.75) is 52.6 Å². The van der Waals surface area contributed by atoms with Gasteiger partial charge in [0.2, 0.25) is 0 Å². The number of hydrogen-bond donors (Lipinski definition) is 0. The van der Waals surface area contributed by atoms with Crippen LogP contribution in [0.4, 0.5) is 4.39 Å². The fraction of sp³-hybridized carbons (Fsp3) is 1.00. The zero-order valence-electron chi connectivity index (χ0n) is 7.86. The highest BCUT2D eigenvalue weighted by Gasteiger charge is 2.52. The largest absolute Gasteiger partial charge is 0.247 e. The van der Waals surface area contributed by atoms with E-state index in [2.05, 4.69) is 6.92 Å². The van der Waals surface area contributed by atoms with Crippen LogP contribution in [0.2, 0.25) is 0 Å². The van der Waals surface area contributed by atoms with E-state index in [0.29, 0.717) is 5.41 Å². The Kier molecular flexibility index (Phi) is 2.56. The molecule has 1 heteroatoms. The highest BCUT2D eigenvalue weighted by Crippen LogP contribution is 2.61. The van der Waals surface area contributed by atoms with E-state index in [4.69, 9.17) is 0 Å². The van der Waals surface area contributed by atoms with Crippen LogP contribution < -0.4 is 0 Å². The first-order valence-corrected chi connectivity index (χ1v) is 4.85. The zero-order valence-corrected chi connectivity index (χ0v) is 7.86. The van der Waals surface area contributed by atoms with Crippen LogP contribution in [0.3, 0.4) is 0 Å². The molecule has 0 aromatic carbocycles. The molecule has 0 spiro atoms. The average molecular weight is 158 g/mol. The molecule has 0 aromatic heterocycles. The van der Waals surface area contributed by atoms with Crippen LogP contribution in [0.15, 0.2) is 0 Å². The minimum atomic E-state index is -0.467. The van der Waals surface area contributed by atoms with Crippen LogP contribution in [0.1, 0.15) is 46.5 Å². The Morgan fingerprint density at radius 2 is 2.00 bits per heavy atom. The summed E-state index contributed by atoms with van der Waals surface area (Å²) < 4.78 is 12.6. The molecular weight excluding hydrogens is 139 g/mol. The first kappa shape index (κ1) is 9.02. The summed E-state index contributed by atoms with van der Waals surface area (Å²) in [7, 11) is 0. The molecule has 66 valence electrons. The lowest BCUT2D eigenvalue weighted by atomic mass is 9.89. The van der Waals surface area contributed by atoms with E-state index in [1.54, 1.807) is 0 Å². The summed E-state index contributed by atoms with van der Waals surface area (Å²) in [5.74, 6) is 0.751. The van der Waals surface area contributed by atoms with Gasteiger partial charge in [-0.2, -0.15) is 0 Å². The van der Waals surface area contributed by atoms with Crippen molar-refractivity contribution in [1.82, 2.24) is 0 Å². The monoisotopic (exact) mass is 158 g/mol. The Balaban J connectivity index is 0.000000281. The number of hydrogen-bond acceptors (Lipinski definition) is 0. The highest BCUT2D eigenvalue weighted by atomic mass is 19.1. The molecule has 2 aliphatic carbocycles. The minimum Gasteiger partial charge on any atom is -0.247 e. The molecule has 0 nitrogen and oxygen atoms in total. The Morgan fingerprint density at radius 1 is 1.36 bits per heavy atom. The van der Waals surface area contributed by atoms with Gasteiger partial charge in [0.1, 0.15) is 6.17 Å². The lowest BCUT2D eigenvalue weighted by molar-refractivity contribution is 0.209. The van der Waals surface area contributed by atoms with Crippen molar-refractivity contribution in [3.05, 3.63) is 0 Å². The molecule has 0 heterocycles. The number of fused-ring (bicyclic) bond motifs is 1. The molecule has 0 saturated heterocycles. The van der Waals surface area contributed by atoms with Crippen LogP contribution in [0.5, 0.6) is 0 Å². The maximum Gasteiger partial charge on any atom is 0.100 e. The van der Waals surface area contributed by atoms with Crippen molar-refractivity contribution in [1.29, 1.82) is 0 Å². The predicted molar refractivity (Wildman–Crippen MR) is 46.3 cm³/mol. The molecule has 2 aliphatic rings. The lowest BCUT2D eigenvalue weighted by Gasteiger charge is -2.19. The molecule has 2 rings (SSSR count). The van der Waals surface area contributed by atoms with Gasteiger partial charge in [0, 0.05) is 0 Å². The summed E-state index contributed by atoms with van der Waals surface area (Å²) in [6, 6.07) is 0. The van der Waals surface area contributed by atoms with E-state index in [1.807, 2.05) is 13.8 Å². The summed E-state index contributed by atoms with van der Waals surface area (Å²) in [6.45, 7) is 6.30. The Hall–Kier alpha value is -0.0700. The van der Waals surface area contributed by atoms with Crippen LogP contribution in [-0.4, -0.2) is 6.17 Å². The summed E-state index contributed by atoms with van der Waals surface area (Å²) in [6.07, 6.45) is 3.65. The fourth-order valence-corrected chi connectivity index (χ4v) is 2.09. The van der Waals surface area contributed by atoms with Crippen molar-refractivity contribution < 1.29 is 4.39 Å². The SMILES string of the molecule is CC.CC12CCC(F)CC1C2. The van der Waals surface area contributed by atoms with Crippen molar-refractivity contribution in [2.24, 2.45) is 11.3 Å². The first-order chi connectivity index (χ1) is 5.21. The predicted octanol–water partition coefficient (Wildman–Crippen LogP) is 3.56. The van der Waals surface area contributed by atoms with Gasteiger partial charge in [-0.25, -0.2) is 4.39 Å². The standard InChI is InChI=1S/C8H13F.C2H6/c1-8-3-2-7(9)4-6(8)5-8;1-2/h6-7H,2-5H2,1H3;1-2H3. The number of rotatable bonds is 0. The molecule has 2 saturated carbocycles. The summed E-state index contributed by atoms with van der Waals surface area (Å²) >= 11 is 0. The van der Waals surface area contributed by atoms with Crippen molar-refractivity contribution in [3.8, 4) is 0 Å². The molecule has 0 aliphatic heterocycles. The molecule has 0 aromatic rings.